The molecular weight excluding hydrogens is 493 g/mol. The smallest absolute Gasteiger partial charge is 0.416 e. The van der Waals surface area contributed by atoms with Crippen molar-refractivity contribution in [2.75, 3.05) is 37.6 Å². The van der Waals surface area contributed by atoms with Crippen molar-refractivity contribution in [1.82, 2.24) is 15.1 Å². The molecular formula is C26H32ClF3N4O2. The first-order valence-corrected chi connectivity index (χ1v) is 12.6. The normalized spacial score (nSPS) is 21.4. The highest BCUT2D eigenvalue weighted by molar-refractivity contribution is 6.30. The van der Waals surface area contributed by atoms with Crippen LogP contribution in [0.5, 0.6) is 5.75 Å². The highest BCUT2D eigenvalue weighted by Crippen LogP contribution is 2.32. The topological polar surface area (TPSA) is 59.1 Å². The van der Waals surface area contributed by atoms with Gasteiger partial charge in [-0.1, -0.05) is 17.7 Å². The van der Waals surface area contributed by atoms with E-state index in [1.54, 1.807) is 24.3 Å². The maximum Gasteiger partial charge on any atom is 0.416 e. The minimum atomic E-state index is -4.38. The average molecular weight is 525 g/mol. The van der Waals surface area contributed by atoms with Crippen LogP contribution >= 0.6 is 11.6 Å². The van der Waals surface area contributed by atoms with Crippen molar-refractivity contribution in [2.24, 2.45) is 0 Å². The van der Waals surface area contributed by atoms with Gasteiger partial charge < -0.3 is 20.2 Å². The average Bonchev–Trinajstić information content (AvgIpc) is 3.28. The van der Waals surface area contributed by atoms with Gasteiger partial charge in [0.2, 0.25) is 5.91 Å². The number of benzene rings is 2. The van der Waals surface area contributed by atoms with Crippen molar-refractivity contribution in [3.63, 3.8) is 0 Å². The Morgan fingerprint density at radius 1 is 1.14 bits per heavy atom. The van der Waals surface area contributed by atoms with Crippen molar-refractivity contribution in [3.8, 4) is 5.75 Å². The Bertz CT molecular complexity index is 1070. The lowest BCUT2D eigenvalue weighted by Crippen LogP contribution is -2.54. The molecule has 2 saturated heterocycles. The van der Waals surface area contributed by atoms with Gasteiger partial charge in [0.15, 0.2) is 0 Å². The third-order valence-corrected chi connectivity index (χ3v) is 7.28. The van der Waals surface area contributed by atoms with Crippen LogP contribution < -0.4 is 10.2 Å². The van der Waals surface area contributed by atoms with Gasteiger partial charge in [0.1, 0.15) is 5.75 Å². The fourth-order valence-corrected chi connectivity index (χ4v) is 5.24. The summed E-state index contributed by atoms with van der Waals surface area (Å²) in [4.78, 5) is 19.4. The molecule has 2 fully saturated rings. The summed E-state index contributed by atoms with van der Waals surface area (Å²) in [6, 6.07) is 10.3. The summed E-state index contributed by atoms with van der Waals surface area (Å²) in [5, 5.41) is 14.1. The molecule has 36 heavy (non-hydrogen) atoms. The van der Waals surface area contributed by atoms with E-state index in [-0.39, 0.29) is 29.8 Å². The van der Waals surface area contributed by atoms with Crippen LogP contribution in [-0.4, -0.2) is 71.7 Å². The molecule has 0 aromatic heterocycles. The van der Waals surface area contributed by atoms with Crippen LogP contribution in [0.25, 0.3) is 0 Å². The molecule has 0 spiro atoms. The number of anilines is 1. The lowest BCUT2D eigenvalue weighted by molar-refractivity contribution is -0.137. The van der Waals surface area contributed by atoms with Crippen LogP contribution in [0.4, 0.5) is 18.9 Å². The van der Waals surface area contributed by atoms with E-state index >= 15 is 0 Å². The number of halogens is 4. The Morgan fingerprint density at radius 2 is 1.86 bits per heavy atom. The number of phenols is 1. The molecule has 0 bridgehead atoms. The van der Waals surface area contributed by atoms with Crippen LogP contribution in [0.3, 0.4) is 0 Å². The highest BCUT2D eigenvalue weighted by atomic mass is 35.5. The molecule has 2 aromatic carbocycles. The zero-order valence-electron chi connectivity index (χ0n) is 20.4. The molecule has 2 heterocycles. The van der Waals surface area contributed by atoms with Crippen LogP contribution in [0.15, 0.2) is 42.5 Å². The van der Waals surface area contributed by atoms with Gasteiger partial charge in [-0.3, -0.25) is 9.69 Å². The van der Waals surface area contributed by atoms with Gasteiger partial charge in [-0.15, -0.1) is 0 Å². The predicted octanol–water partition coefficient (Wildman–Crippen LogP) is 4.35. The van der Waals surface area contributed by atoms with E-state index in [1.165, 1.54) is 12.1 Å². The second-order valence-corrected chi connectivity index (χ2v) is 10.2. The molecule has 1 amide bonds. The van der Waals surface area contributed by atoms with E-state index in [9.17, 15) is 23.1 Å². The second-order valence-electron chi connectivity index (χ2n) is 9.75. The molecule has 6 nitrogen and oxygen atoms in total. The lowest BCUT2D eigenvalue weighted by atomic mass is 10.1. The Balaban J connectivity index is 1.36. The number of hydrogen-bond acceptors (Lipinski definition) is 5. The number of phenolic OH excluding ortho intramolecular Hbond substituents is 1. The lowest BCUT2D eigenvalue weighted by Gasteiger charge is -2.39. The molecule has 0 aliphatic carbocycles. The van der Waals surface area contributed by atoms with Gasteiger partial charge in [0.25, 0.3) is 0 Å². The summed E-state index contributed by atoms with van der Waals surface area (Å²) in [6.07, 6.45) is -3.74. The number of carbonyl (C=O) groups is 1. The van der Waals surface area contributed by atoms with E-state index in [2.05, 4.69) is 24.1 Å². The Kier molecular flexibility index (Phi) is 8.02. The van der Waals surface area contributed by atoms with E-state index in [4.69, 9.17) is 11.6 Å². The number of amides is 1. The highest BCUT2D eigenvalue weighted by Gasteiger charge is 2.40. The quantitative estimate of drug-likeness (QED) is 0.588. The maximum atomic E-state index is 13.5. The van der Waals surface area contributed by atoms with Gasteiger partial charge in [-0.25, -0.2) is 0 Å². The zero-order valence-corrected chi connectivity index (χ0v) is 21.2. The van der Waals surface area contributed by atoms with Crippen molar-refractivity contribution < 1.29 is 23.1 Å². The van der Waals surface area contributed by atoms with Crippen molar-refractivity contribution in [2.45, 2.75) is 51.1 Å². The fraction of sp³-hybridized carbons (Fsp3) is 0.500. The Labute approximate surface area is 214 Å². The van der Waals surface area contributed by atoms with Crippen molar-refractivity contribution >= 4 is 23.2 Å². The van der Waals surface area contributed by atoms with Crippen molar-refractivity contribution in [1.29, 1.82) is 0 Å². The molecule has 0 radical (unpaired) electrons. The summed E-state index contributed by atoms with van der Waals surface area (Å²) in [6.45, 7) is 7.18. The van der Waals surface area contributed by atoms with Crippen LogP contribution in [0, 0.1) is 0 Å². The van der Waals surface area contributed by atoms with Gasteiger partial charge in [-0.05, 0) is 56.7 Å². The van der Waals surface area contributed by atoms with Gasteiger partial charge in [0, 0.05) is 67.6 Å². The first-order chi connectivity index (χ1) is 17.0. The molecule has 2 unspecified atom stereocenters. The van der Waals surface area contributed by atoms with Crippen LogP contribution in [0.1, 0.15) is 31.4 Å². The molecule has 0 saturated carbocycles. The number of aromatic hydroxyl groups is 1. The summed E-state index contributed by atoms with van der Waals surface area (Å²) in [5.41, 5.74) is 0.566. The maximum absolute atomic E-state index is 13.5. The number of nitrogens with one attached hydrogen (secondary N) is 1. The molecule has 2 aliphatic rings. The first kappa shape index (κ1) is 26.6. The van der Waals surface area contributed by atoms with Crippen LogP contribution in [-0.2, 0) is 17.5 Å². The van der Waals surface area contributed by atoms with Gasteiger partial charge in [0.05, 0.1) is 11.6 Å². The van der Waals surface area contributed by atoms with Gasteiger partial charge >= 0.3 is 6.18 Å². The molecule has 4 rings (SSSR count). The summed E-state index contributed by atoms with van der Waals surface area (Å²) < 4.78 is 39.3. The molecule has 196 valence electrons. The summed E-state index contributed by atoms with van der Waals surface area (Å²) in [5.74, 6) is 0.235. The zero-order chi connectivity index (χ0) is 26.0. The summed E-state index contributed by atoms with van der Waals surface area (Å²) in [7, 11) is 0. The van der Waals surface area contributed by atoms with E-state index in [0.717, 1.165) is 6.07 Å². The standard InChI is InChI=1S/C26H32ClF3N4O2/c1-17(2)34-16-21(31-15-18-12-20(27)6-7-24(18)35)14-23(34)25(36)33-10-8-32(9-11-33)22-5-3-4-19(13-22)26(28,29)30/h3-7,12-13,17,21,23,31,35H,8-11,14-16H2,1-2H3. The fourth-order valence-electron chi connectivity index (χ4n) is 5.05. The molecule has 2 atom stereocenters. The number of alkyl halides is 3. The Hall–Kier alpha value is -2.49. The summed E-state index contributed by atoms with van der Waals surface area (Å²) >= 11 is 6.05. The Morgan fingerprint density at radius 3 is 2.53 bits per heavy atom. The SMILES string of the molecule is CC(C)N1CC(NCc2cc(Cl)ccc2O)CC1C(=O)N1CCN(c2cccc(C(F)(F)F)c2)CC1. The monoisotopic (exact) mass is 524 g/mol. The third kappa shape index (κ3) is 6.07. The number of piperazine rings is 1. The predicted molar refractivity (Wildman–Crippen MR) is 134 cm³/mol. The van der Waals surface area contributed by atoms with Crippen LogP contribution in [0.2, 0.25) is 5.02 Å². The largest absolute Gasteiger partial charge is 0.508 e. The molecule has 2 N–H and O–H groups in total. The molecule has 2 aromatic rings. The second kappa shape index (κ2) is 10.9. The molecule has 2 aliphatic heterocycles. The molecule has 10 heteroatoms. The number of rotatable bonds is 6. The number of nitrogens with zero attached hydrogens (tertiary/aromatic N) is 3. The van der Waals surface area contributed by atoms with E-state index < -0.39 is 11.7 Å². The van der Waals surface area contributed by atoms with Crippen molar-refractivity contribution in [3.05, 3.63) is 58.6 Å². The van der Waals surface area contributed by atoms with E-state index in [1.807, 2.05) is 9.80 Å². The van der Waals surface area contributed by atoms with E-state index in [0.29, 0.717) is 62.0 Å². The number of carbonyl (C=O) groups excluding carboxylic acids is 1. The number of likely N-dealkylation sites (tertiary alicyclic amines) is 1. The minimum absolute atomic E-state index is 0.0577. The van der Waals surface area contributed by atoms with Gasteiger partial charge in [-0.2, -0.15) is 13.2 Å². The third-order valence-electron chi connectivity index (χ3n) is 7.04. The first-order valence-electron chi connectivity index (χ1n) is 12.2. The minimum Gasteiger partial charge on any atom is -0.508 e. The number of hydrogen-bond donors (Lipinski definition) is 2.